The van der Waals surface area contributed by atoms with Crippen molar-refractivity contribution in [3.05, 3.63) is 59.7 Å². The van der Waals surface area contributed by atoms with E-state index in [-0.39, 0.29) is 23.8 Å². The number of rotatable bonds is 6. The van der Waals surface area contributed by atoms with E-state index in [1.165, 1.54) is 29.2 Å². The van der Waals surface area contributed by atoms with Gasteiger partial charge in [0.05, 0.1) is 11.1 Å². The summed E-state index contributed by atoms with van der Waals surface area (Å²) >= 11 is 0. The summed E-state index contributed by atoms with van der Waals surface area (Å²) < 4.78 is 79.2. The quantitative estimate of drug-likeness (QED) is 0.474. The second-order valence-corrected chi connectivity index (χ2v) is 7.75. The van der Waals surface area contributed by atoms with E-state index in [4.69, 9.17) is 0 Å². The first-order chi connectivity index (χ1) is 14.5. The lowest BCUT2D eigenvalue weighted by Gasteiger charge is -2.33. The van der Waals surface area contributed by atoms with Crippen LogP contribution in [0.5, 0.6) is 0 Å². The third kappa shape index (κ3) is 7.02. The van der Waals surface area contributed by atoms with Crippen molar-refractivity contribution in [2.24, 2.45) is 0 Å². The van der Waals surface area contributed by atoms with Gasteiger partial charge in [-0.1, -0.05) is 12.1 Å². The molecule has 0 bridgehead atoms. The van der Waals surface area contributed by atoms with Gasteiger partial charge in [0.25, 0.3) is 0 Å². The van der Waals surface area contributed by atoms with Crippen LogP contribution in [0.15, 0.2) is 48.5 Å². The highest BCUT2D eigenvalue weighted by molar-refractivity contribution is 5.85. The van der Waals surface area contributed by atoms with E-state index in [1.807, 2.05) is 7.05 Å². The van der Waals surface area contributed by atoms with Crippen LogP contribution in [0.2, 0.25) is 0 Å². The lowest BCUT2D eigenvalue weighted by Crippen LogP contribution is -2.45. The van der Waals surface area contributed by atoms with Gasteiger partial charge in [0, 0.05) is 44.1 Å². The molecule has 3 rings (SSSR count). The van der Waals surface area contributed by atoms with Crippen LogP contribution in [0.3, 0.4) is 0 Å². The van der Waals surface area contributed by atoms with E-state index >= 15 is 0 Å². The number of likely N-dealkylation sites (N-methyl/N-ethyl adjacent to an activating group) is 1. The average Bonchev–Trinajstić information content (AvgIpc) is 2.71. The summed E-state index contributed by atoms with van der Waals surface area (Å²) in [5, 5.41) is 0. The number of anilines is 2. The molecule has 0 spiro atoms. The third-order valence-corrected chi connectivity index (χ3v) is 5.42. The standard InChI is InChI=1S/C22H25F6N3.ClH/c1-29-11-13-30(14-12-29)9-4-10-31(19-7-2-5-17(15-19)21(23,24)25)20-8-3-6-18(16-20)22(26,27)28;/h2-3,5-8,15-16H,4,9-14H2,1H3;1H. The van der Waals surface area contributed by atoms with Gasteiger partial charge in [0.15, 0.2) is 0 Å². The van der Waals surface area contributed by atoms with E-state index < -0.39 is 23.5 Å². The van der Waals surface area contributed by atoms with Crippen LogP contribution in [-0.2, 0) is 12.4 Å². The fourth-order valence-electron chi connectivity index (χ4n) is 3.63. The van der Waals surface area contributed by atoms with Crippen LogP contribution >= 0.6 is 12.4 Å². The van der Waals surface area contributed by atoms with E-state index in [2.05, 4.69) is 9.80 Å². The second kappa shape index (κ2) is 10.8. The molecule has 0 aliphatic carbocycles. The lowest BCUT2D eigenvalue weighted by atomic mass is 10.1. The molecule has 3 nitrogen and oxygen atoms in total. The first kappa shape index (κ1) is 26.3. The summed E-state index contributed by atoms with van der Waals surface area (Å²) in [6.45, 7) is 4.68. The summed E-state index contributed by atoms with van der Waals surface area (Å²) in [4.78, 5) is 6.01. The van der Waals surface area contributed by atoms with Crippen molar-refractivity contribution >= 4 is 23.8 Å². The Morgan fingerprint density at radius 2 is 1.25 bits per heavy atom. The van der Waals surface area contributed by atoms with E-state index in [1.54, 1.807) is 0 Å². The van der Waals surface area contributed by atoms with E-state index in [0.717, 1.165) is 57.0 Å². The second-order valence-electron chi connectivity index (χ2n) is 7.75. The van der Waals surface area contributed by atoms with Crippen molar-refractivity contribution in [1.82, 2.24) is 9.80 Å². The predicted octanol–water partition coefficient (Wildman–Crippen LogP) is 5.92. The van der Waals surface area contributed by atoms with Crippen molar-refractivity contribution in [3.8, 4) is 0 Å². The summed E-state index contributed by atoms with van der Waals surface area (Å²) in [7, 11) is 2.04. The van der Waals surface area contributed by atoms with Gasteiger partial charge in [-0.3, -0.25) is 0 Å². The topological polar surface area (TPSA) is 9.72 Å². The minimum atomic E-state index is -4.53. The highest BCUT2D eigenvalue weighted by Crippen LogP contribution is 2.36. The van der Waals surface area contributed by atoms with Crippen molar-refractivity contribution in [2.75, 3.05) is 51.2 Å². The zero-order valence-corrected chi connectivity index (χ0v) is 18.4. The van der Waals surface area contributed by atoms with Gasteiger partial charge < -0.3 is 14.7 Å². The molecule has 0 amide bonds. The molecular weight excluding hydrogens is 456 g/mol. The Labute approximate surface area is 190 Å². The van der Waals surface area contributed by atoms with Crippen LogP contribution in [0.1, 0.15) is 17.5 Å². The van der Waals surface area contributed by atoms with Crippen LogP contribution < -0.4 is 4.90 Å². The van der Waals surface area contributed by atoms with Crippen molar-refractivity contribution in [3.63, 3.8) is 0 Å². The zero-order valence-electron chi connectivity index (χ0n) is 17.6. The Morgan fingerprint density at radius 1 is 0.781 bits per heavy atom. The number of nitrogens with zero attached hydrogens (tertiary/aromatic N) is 3. The fourth-order valence-corrected chi connectivity index (χ4v) is 3.63. The third-order valence-electron chi connectivity index (χ3n) is 5.42. The predicted molar refractivity (Wildman–Crippen MR) is 116 cm³/mol. The van der Waals surface area contributed by atoms with Gasteiger partial charge in [-0.25, -0.2) is 0 Å². The molecule has 0 N–H and O–H groups in total. The number of benzene rings is 2. The molecule has 0 unspecified atom stereocenters. The molecular formula is C22H26ClF6N3. The van der Waals surface area contributed by atoms with Gasteiger partial charge in [-0.05, 0) is 56.4 Å². The van der Waals surface area contributed by atoms with E-state index in [0.29, 0.717) is 13.0 Å². The van der Waals surface area contributed by atoms with Crippen molar-refractivity contribution < 1.29 is 26.3 Å². The summed E-state index contributed by atoms with van der Waals surface area (Å²) in [5.41, 5.74) is -1.23. The molecule has 0 atom stereocenters. The highest BCUT2D eigenvalue weighted by atomic mass is 35.5. The first-order valence-corrected chi connectivity index (χ1v) is 10.1. The molecule has 2 aromatic rings. The molecule has 178 valence electrons. The molecule has 0 aromatic heterocycles. The minimum Gasteiger partial charge on any atom is -0.341 e. The SMILES string of the molecule is CN1CCN(CCCN(c2cccc(C(F)(F)F)c2)c2cccc(C(F)(F)F)c2)CC1.Cl. The first-order valence-electron chi connectivity index (χ1n) is 10.1. The fraction of sp³-hybridized carbons (Fsp3) is 0.455. The Kier molecular flexibility index (Phi) is 8.84. The summed E-state index contributed by atoms with van der Waals surface area (Å²) in [6.07, 6.45) is -8.46. The van der Waals surface area contributed by atoms with Crippen LogP contribution in [0.4, 0.5) is 37.7 Å². The smallest absolute Gasteiger partial charge is 0.341 e. The van der Waals surface area contributed by atoms with Crippen molar-refractivity contribution in [1.29, 1.82) is 0 Å². The molecule has 1 saturated heterocycles. The van der Waals surface area contributed by atoms with Gasteiger partial charge in [-0.2, -0.15) is 26.3 Å². The maximum atomic E-state index is 13.2. The molecule has 0 radical (unpaired) electrons. The maximum Gasteiger partial charge on any atom is 0.416 e. The Balaban J connectivity index is 0.00000363. The van der Waals surface area contributed by atoms with Gasteiger partial charge in [-0.15, -0.1) is 12.4 Å². The molecule has 1 fully saturated rings. The van der Waals surface area contributed by atoms with E-state index in [9.17, 15) is 26.3 Å². The molecule has 32 heavy (non-hydrogen) atoms. The molecule has 0 saturated carbocycles. The maximum absolute atomic E-state index is 13.2. The number of piperazine rings is 1. The Morgan fingerprint density at radius 3 is 1.69 bits per heavy atom. The molecule has 1 aliphatic rings. The van der Waals surface area contributed by atoms with Crippen LogP contribution in [-0.4, -0.2) is 56.1 Å². The summed E-state index contributed by atoms with van der Waals surface area (Å²) in [6, 6.07) is 9.41. The lowest BCUT2D eigenvalue weighted by molar-refractivity contribution is -0.138. The molecule has 2 aromatic carbocycles. The van der Waals surface area contributed by atoms with Gasteiger partial charge >= 0.3 is 12.4 Å². The normalized spacial score (nSPS) is 16.0. The van der Waals surface area contributed by atoms with Crippen LogP contribution in [0, 0.1) is 0 Å². The zero-order chi connectivity index (χ0) is 22.6. The molecule has 1 aliphatic heterocycles. The molecule has 1 heterocycles. The van der Waals surface area contributed by atoms with Gasteiger partial charge in [0.1, 0.15) is 0 Å². The highest BCUT2D eigenvalue weighted by Gasteiger charge is 2.32. The Bertz CT molecular complexity index is 806. The molecule has 10 heteroatoms. The monoisotopic (exact) mass is 481 g/mol. The van der Waals surface area contributed by atoms with Crippen LogP contribution in [0.25, 0.3) is 0 Å². The van der Waals surface area contributed by atoms with Crippen molar-refractivity contribution in [2.45, 2.75) is 18.8 Å². The number of hydrogen-bond donors (Lipinski definition) is 0. The summed E-state index contributed by atoms with van der Waals surface area (Å²) in [5.74, 6) is 0. The average molecular weight is 482 g/mol. The Hall–Kier alpha value is -1.97. The minimum absolute atomic E-state index is 0. The largest absolute Gasteiger partial charge is 0.416 e. The number of hydrogen-bond acceptors (Lipinski definition) is 3. The number of alkyl halides is 6. The van der Waals surface area contributed by atoms with Gasteiger partial charge in [0.2, 0.25) is 0 Å². The number of halogens is 7.